The van der Waals surface area contributed by atoms with Crippen LogP contribution >= 0.6 is 0 Å². The molecule has 1 rings (SSSR count). The Labute approximate surface area is 102 Å². The first-order valence-electron chi connectivity index (χ1n) is 6.28. The minimum Gasteiger partial charge on any atom is -0.461 e. The van der Waals surface area contributed by atoms with Crippen LogP contribution in [0.25, 0.3) is 0 Å². The molecule has 17 heavy (non-hydrogen) atoms. The van der Waals surface area contributed by atoms with Crippen LogP contribution in [-0.4, -0.2) is 36.6 Å². The van der Waals surface area contributed by atoms with Gasteiger partial charge >= 0.3 is 5.97 Å². The maximum absolute atomic E-state index is 11.8. The zero-order valence-corrected chi connectivity index (χ0v) is 10.8. The van der Waals surface area contributed by atoms with Crippen LogP contribution in [0.1, 0.15) is 40.0 Å². The van der Waals surface area contributed by atoms with Gasteiger partial charge in [0.15, 0.2) is 0 Å². The van der Waals surface area contributed by atoms with Gasteiger partial charge in [-0.05, 0) is 39.7 Å². The lowest BCUT2D eigenvalue weighted by Crippen LogP contribution is -2.48. The smallest absolute Gasteiger partial charge is 0.328 e. The van der Waals surface area contributed by atoms with Gasteiger partial charge in [0, 0.05) is 0 Å². The van der Waals surface area contributed by atoms with Crippen LogP contribution in [0.4, 0.5) is 0 Å². The Morgan fingerprint density at radius 1 is 1.47 bits per heavy atom. The quantitative estimate of drug-likeness (QED) is 0.692. The Hall–Kier alpha value is -1.10. The molecule has 1 aliphatic heterocycles. The minimum absolute atomic E-state index is 0.102. The largest absolute Gasteiger partial charge is 0.461 e. The number of rotatable bonds is 5. The molecule has 0 bridgehead atoms. The Balaban J connectivity index is 2.45. The standard InChI is InChI=1S/C12H22N2O3/c1-4-9(12(16)17-8(2)3)14-11(15)10-6-5-7-13-10/h8-10,13H,4-7H2,1-3H3,(H,14,15)/t9-,10-/m0/s1. The highest BCUT2D eigenvalue weighted by atomic mass is 16.5. The summed E-state index contributed by atoms with van der Waals surface area (Å²) in [6.45, 7) is 6.32. The van der Waals surface area contributed by atoms with Crippen molar-refractivity contribution in [3.8, 4) is 0 Å². The maximum atomic E-state index is 11.8. The predicted molar refractivity (Wildman–Crippen MR) is 64.5 cm³/mol. The average Bonchev–Trinajstić information content (AvgIpc) is 2.77. The van der Waals surface area contributed by atoms with Crippen molar-refractivity contribution in [2.75, 3.05) is 6.54 Å². The molecule has 1 amide bonds. The molecule has 5 nitrogen and oxygen atoms in total. The molecule has 0 aromatic heterocycles. The van der Waals surface area contributed by atoms with Crippen LogP contribution in [0, 0.1) is 0 Å². The van der Waals surface area contributed by atoms with Gasteiger partial charge in [-0.2, -0.15) is 0 Å². The van der Waals surface area contributed by atoms with Crippen molar-refractivity contribution >= 4 is 11.9 Å². The van der Waals surface area contributed by atoms with Crippen LogP contribution in [0.15, 0.2) is 0 Å². The highest BCUT2D eigenvalue weighted by Gasteiger charge is 2.27. The van der Waals surface area contributed by atoms with Gasteiger partial charge in [-0.3, -0.25) is 4.79 Å². The number of esters is 1. The van der Waals surface area contributed by atoms with Crippen LogP contribution in [0.2, 0.25) is 0 Å². The summed E-state index contributed by atoms with van der Waals surface area (Å²) in [5.41, 5.74) is 0. The Kier molecular flexibility index (Phi) is 5.41. The van der Waals surface area contributed by atoms with Crippen molar-refractivity contribution < 1.29 is 14.3 Å². The zero-order valence-electron chi connectivity index (χ0n) is 10.8. The molecule has 5 heteroatoms. The molecule has 0 saturated carbocycles. The fraction of sp³-hybridized carbons (Fsp3) is 0.833. The van der Waals surface area contributed by atoms with E-state index < -0.39 is 6.04 Å². The van der Waals surface area contributed by atoms with Gasteiger partial charge in [-0.25, -0.2) is 4.79 Å². The van der Waals surface area contributed by atoms with E-state index >= 15 is 0 Å². The van der Waals surface area contributed by atoms with Gasteiger partial charge in [0.05, 0.1) is 12.1 Å². The van der Waals surface area contributed by atoms with Gasteiger partial charge in [-0.15, -0.1) is 0 Å². The maximum Gasteiger partial charge on any atom is 0.328 e. The van der Waals surface area contributed by atoms with E-state index in [-0.39, 0.29) is 24.0 Å². The van der Waals surface area contributed by atoms with Crippen LogP contribution in [0.5, 0.6) is 0 Å². The monoisotopic (exact) mass is 242 g/mol. The molecular formula is C12H22N2O3. The van der Waals surface area contributed by atoms with Crippen molar-refractivity contribution in [2.24, 2.45) is 0 Å². The van der Waals surface area contributed by atoms with Crippen molar-refractivity contribution in [1.29, 1.82) is 0 Å². The second-order valence-corrected chi connectivity index (χ2v) is 4.60. The van der Waals surface area contributed by atoms with Gasteiger partial charge in [0.2, 0.25) is 5.91 Å². The molecule has 0 aliphatic carbocycles. The molecule has 1 aliphatic rings. The molecule has 98 valence electrons. The van der Waals surface area contributed by atoms with Crippen molar-refractivity contribution in [2.45, 2.75) is 58.2 Å². The number of nitrogens with one attached hydrogen (secondary N) is 2. The van der Waals surface area contributed by atoms with Crippen molar-refractivity contribution in [3.05, 3.63) is 0 Å². The first-order chi connectivity index (χ1) is 8.04. The number of hydrogen-bond donors (Lipinski definition) is 2. The summed E-state index contributed by atoms with van der Waals surface area (Å²) in [6, 6.07) is -0.691. The Morgan fingerprint density at radius 2 is 2.18 bits per heavy atom. The van der Waals surface area contributed by atoms with E-state index in [1.54, 1.807) is 13.8 Å². The number of amides is 1. The summed E-state index contributed by atoms with van der Waals surface area (Å²) in [5, 5.41) is 5.84. The SMILES string of the molecule is CC[C@H](NC(=O)[C@@H]1CCCN1)C(=O)OC(C)C. The normalized spacial score (nSPS) is 21.3. The number of carbonyl (C=O) groups is 2. The number of ether oxygens (including phenoxy) is 1. The second-order valence-electron chi connectivity index (χ2n) is 4.60. The molecule has 0 radical (unpaired) electrons. The molecule has 0 spiro atoms. The molecule has 1 heterocycles. The van der Waals surface area contributed by atoms with Gasteiger partial charge in [0.25, 0.3) is 0 Å². The Bertz CT molecular complexity index is 273. The Morgan fingerprint density at radius 3 is 2.65 bits per heavy atom. The minimum atomic E-state index is -0.535. The molecule has 1 saturated heterocycles. The fourth-order valence-electron chi connectivity index (χ4n) is 1.82. The molecular weight excluding hydrogens is 220 g/mol. The molecule has 2 N–H and O–H groups in total. The molecule has 0 aromatic carbocycles. The highest BCUT2D eigenvalue weighted by molar-refractivity contribution is 5.87. The average molecular weight is 242 g/mol. The summed E-state index contributed by atoms with van der Waals surface area (Å²) in [4.78, 5) is 23.5. The van der Waals surface area contributed by atoms with E-state index in [1.807, 2.05) is 6.92 Å². The first-order valence-corrected chi connectivity index (χ1v) is 6.28. The van der Waals surface area contributed by atoms with E-state index in [1.165, 1.54) is 0 Å². The summed E-state index contributed by atoms with van der Waals surface area (Å²) in [5.74, 6) is -0.455. The predicted octanol–water partition coefficient (Wildman–Crippen LogP) is 0.585. The van der Waals surface area contributed by atoms with Crippen LogP contribution in [-0.2, 0) is 14.3 Å². The molecule has 0 aromatic rings. The second kappa shape index (κ2) is 6.59. The van der Waals surface area contributed by atoms with E-state index in [0.717, 1.165) is 19.4 Å². The van der Waals surface area contributed by atoms with E-state index in [2.05, 4.69) is 10.6 Å². The number of carbonyl (C=O) groups excluding carboxylic acids is 2. The van der Waals surface area contributed by atoms with E-state index in [0.29, 0.717) is 6.42 Å². The van der Waals surface area contributed by atoms with Gasteiger partial charge in [0.1, 0.15) is 6.04 Å². The van der Waals surface area contributed by atoms with Crippen LogP contribution in [0.3, 0.4) is 0 Å². The lowest BCUT2D eigenvalue weighted by atomic mass is 10.1. The van der Waals surface area contributed by atoms with Crippen LogP contribution < -0.4 is 10.6 Å². The van der Waals surface area contributed by atoms with Gasteiger partial charge < -0.3 is 15.4 Å². The van der Waals surface area contributed by atoms with E-state index in [9.17, 15) is 9.59 Å². The molecule has 1 fully saturated rings. The summed E-state index contributed by atoms with van der Waals surface area (Å²) in [7, 11) is 0. The third-order valence-corrected chi connectivity index (χ3v) is 2.74. The highest BCUT2D eigenvalue weighted by Crippen LogP contribution is 2.06. The summed E-state index contributed by atoms with van der Waals surface area (Å²) >= 11 is 0. The van der Waals surface area contributed by atoms with E-state index in [4.69, 9.17) is 4.74 Å². The van der Waals surface area contributed by atoms with Crippen molar-refractivity contribution in [3.63, 3.8) is 0 Å². The zero-order chi connectivity index (χ0) is 12.8. The lowest BCUT2D eigenvalue weighted by Gasteiger charge is -2.19. The summed E-state index contributed by atoms with van der Waals surface area (Å²) < 4.78 is 5.09. The number of hydrogen-bond acceptors (Lipinski definition) is 4. The summed E-state index contributed by atoms with van der Waals surface area (Å²) in [6.07, 6.45) is 2.23. The van der Waals surface area contributed by atoms with Crippen molar-refractivity contribution in [1.82, 2.24) is 10.6 Å². The lowest BCUT2D eigenvalue weighted by molar-refractivity contribution is -0.151. The topological polar surface area (TPSA) is 67.4 Å². The molecule has 2 atom stereocenters. The fourth-order valence-corrected chi connectivity index (χ4v) is 1.82. The van der Waals surface area contributed by atoms with Gasteiger partial charge in [-0.1, -0.05) is 6.92 Å². The third-order valence-electron chi connectivity index (χ3n) is 2.74. The third kappa shape index (κ3) is 4.34. The molecule has 0 unspecified atom stereocenters. The first kappa shape index (κ1) is 14.0.